The molecular weight excluding hydrogens is 172 g/mol. The number of aryl methyl sites for hydroxylation is 1. The van der Waals surface area contributed by atoms with E-state index in [1.165, 1.54) is 0 Å². The molecule has 2 rings (SSSR count). The zero-order valence-electron chi connectivity index (χ0n) is 8.91. The van der Waals surface area contributed by atoms with Crippen molar-refractivity contribution < 1.29 is 0 Å². The van der Waals surface area contributed by atoms with Crippen LogP contribution in [0.4, 0.5) is 5.69 Å². The molecule has 1 heterocycles. The third-order valence-electron chi connectivity index (χ3n) is 2.08. The van der Waals surface area contributed by atoms with Gasteiger partial charge in [0.15, 0.2) is 0 Å². The molecule has 0 spiro atoms. The highest BCUT2D eigenvalue weighted by molar-refractivity contribution is 5.93. The molecule has 0 aliphatic heterocycles. The summed E-state index contributed by atoms with van der Waals surface area (Å²) in [6, 6.07) is 5.99. The van der Waals surface area contributed by atoms with Crippen molar-refractivity contribution in [3.63, 3.8) is 0 Å². The number of hydrogen-bond donors (Lipinski definition) is 1. The molecule has 0 saturated heterocycles. The molecule has 0 atom stereocenters. The number of nitrogens with two attached hydrogens (primary N) is 1. The van der Waals surface area contributed by atoms with Crippen LogP contribution in [0.2, 0.25) is 0 Å². The first kappa shape index (κ1) is 10.5. The van der Waals surface area contributed by atoms with E-state index in [0.29, 0.717) is 0 Å². The first-order chi connectivity index (χ1) is 6.79. The Morgan fingerprint density at radius 2 is 1.86 bits per heavy atom. The molecule has 2 heteroatoms. The van der Waals surface area contributed by atoms with E-state index in [-0.39, 0.29) is 0 Å². The number of benzene rings is 1. The van der Waals surface area contributed by atoms with Crippen molar-refractivity contribution in [3.05, 3.63) is 36.2 Å². The highest BCUT2D eigenvalue weighted by atomic mass is 14.6. The van der Waals surface area contributed by atoms with E-state index in [0.717, 1.165) is 22.0 Å². The quantitative estimate of drug-likeness (QED) is 0.645. The second-order valence-corrected chi connectivity index (χ2v) is 2.89. The number of nitrogens with zero attached hydrogens (tertiary/aromatic N) is 1. The smallest absolute Gasteiger partial charge is 0.0424 e. The molecule has 14 heavy (non-hydrogen) atoms. The van der Waals surface area contributed by atoms with E-state index in [9.17, 15) is 0 Å². The standard InChI is InChI=1S/C10H10N2.C2H6/c1-7-2-3-8-6-12-5-4-9(8)10(7)11;1-2/h2-6H,11H2,1H3;1-2H3. The number of fused-ring (bicyclic) bond motifs is 1. The fraction of sp³-hybridized carbons (Fsp3) is 0.250. The Bertz CT molecular complexity index is 422. The van der Waals surface area contributed by atoms with Gasteiger partial charge in [-0.3, -0.25) is 4.98 Å². The van der Waals surface area contributed by atoms with Gasteiger partial charge >= 0.3 is 0 Å². The van der Waals surface area contributed by atoms with Crippen molar-refractivity contribution in [2.75, 3.05) is 5.73 Å². The van der Waals surface area contributed by atoms with Gasteiger partial charge in [0.2, 0.25) is 0 Å². The summed E-state index contributed by atoms with van der Waals surface area (Å²) in [6.07, 6.45) is 3.59. The van der Waals surface area contributed by atoms with Gasteiger partial charge in [0.05, 0.1) is 0 Å². The average Bonchev–Trinajstić information content (AvgIpc) is 2.27. The van der Waals surface area contributed by atoms with Crippen molar-refractivity contribution in [2.45, 2.75) is 20.8 Å². The van der Waals surface area contributed by atoms with Crippen LogP contribution in [0, 0.1) is 6.92 Å². The Morgan fingerprint density at radius 3 is 2.57 bits per heavy atom. The third-order valence-corrected chi connectivity index (χ3v) is 2.08. The minimum Gasteiger partial charge on any atom is -0.398 e. The van der Waals surface area contributed by atoms with Crippen molar-refractivity contribution in [1.29, 1.82) is 0 Å². The molecule has 0 fully saturated rings. The lowest BCUT2D eigenvalue weighted by atomic mass is 10.1. The monoisotopic (exact) mass is 188 g/mol. The molecule has 0 bridgehead atoms. The van der Waals surface area contributed by atoms with Crippen molar-refractivity contribution >= 4 is 16.5 Å². The third kappa shape index (κ3) is 1.84. The second-order valence-electron chi connectivity index (χ2n) is 2.89. The molecule has 1 aromatic carbocycles. The van der Waals surface area contributed by atoms with Gasteiger partial charge in [0, 0.05) is 28.9 Å². The first-order valence-corrected chi connectivity index (χ1v) is 4.88. The first-order valence-electron chi connectivity index (χ1n) is 4.88. The number of nitrogen functional groups attached to an aromatic ring is 1. The van der Waals surface area contributed by atoms with Gasteiger partial charge in [-0.25, -0.2) is 0 Å². The van der Waals surface area contributed by atoms with E-state index in [2.05, 4.69) is 4.98 Å². The average molecular weight is 188 g/mol. The molecular formula is C12H16N2. The normalized spacial score (nSPS) is 9.36. The van der Waals surface area contributed by atoms with Crippen LogP contribution in [-0.2, 0) is 0 Å². The highest BCUT2D eigenvalue weighted by Gasteiger charge is 1.98. The van der Waals surface area contributed by atoms with E-state index in [1.807, 2.05) is 45.2 Å². The lowest BCUT2D eigenvalue weighted by molar-refractivity contribution is 1.36. The van der Waals surface area contributed by atoms with E-state index in [1.54, 1.807) is 6.20 Å². The maximum Gasteiger partial charge on any atom is 0.0424 e. The van der Waals surface area contributed by atoms with E-state index < -0.39 is 0 Å². The van der Waals surface area contributed by atoms with Crippen LogP contribution in [0.5, 0.6) is 0 Å². The molecule has 0 amide bonds. The minimum atomic E-state index is 0.856. The fourth-order valence-electron chi connectivity index (χ4n) is 1.30. The molecule has 0 aliphatic rings. The van der Waals surface area contributed by atoms with Crippen LogP contribution < -0.4 is 5.73 Å². The van der Waals surface area contributed by atoms with Gasteiger partial charge in [-0.2, -0.15) is 0 Å². The van der Waals surface area contributed by atoms with E-state index >= 15 is 0 Å². The number of anilines is 1. The predicted molar refractivity (Wildman–Crippen MR) is 62.2 cm³/mol. The molecule has 74 valence electrons. The Kier molecular flexibility index (Phi) is 3.46. The topological polar surface area (TPSA) is 38.9 Å². The van der Waals surface area contributed by atoms with Gasteiger partial charge in [-0.15, -0.1) is 0 Å². The summed E-state index contributed by atoms with van der Waals surface area (Å²) in [5.41, 5.74) is 7.87. The van der Waals surface area contributed by atoms with Crippen molar-refractivity contribution in [2.24, 2.45) is 0 Å². The predicted octanol–water partition coefficient (Wildman–Crippen LogP) is 3.15. The summed E-state index contributed by atoms with van der Waals surface area (Å²) < 4.78 is 0. The van der Waals surface area contributed by atoms with Gasteiger partial charge in [-0.1, -0.05) is 26.0 Å². The summed E-state index contributed by atoms with van der Waals surface area (Å²) in [5.74, 6) is 0. The van der Waals surface area contributed by atoms with Gasteiger partial charge < -0.3 is 5.73 Å². The molecule has 2 N–H and O–H groups in total. The summed E-state index contributed by atoms with van der Waals surface area (Å²) in [6.45, 7) is 6.01. The summed E-state index contributed by atoms with van der Waals surface area (Å²) in [5, 5.41) is 2.19. The zero-order chi connectivity index (χ0) is 10.6. The van der Waals surface area contributed by atoms with Crippen LogP contribution in [0.25, 0.3) is 10.8 Å². The molecule has 0 radical (unpaired) electrons. The van der Waals surface area contributed by atoms with Gasteiger partial charge in [0.25, 0.3) is 0 Å². The van der Waals surface area contributed by atoms with Crippen molar-refractivity contribution in [3.8, 4) is 0 Å². The van der Waals surface area contributed by atoms with E-state index in [4.69, 9.17) is 5.73 Å². The van der Waals surface area contributed by atoms with Crippen LogP contribution >= 0.6 is 0 Å². The molecule has 2 aromatic rings. The zero-order valence-corrected chi connectivity index (χ0v) is 8.91. The van der Waals surface area contributed by atoms with Gasteiger partial charge in [0.1, 0.15) is 0 Å². The van der Waals surface area contributed by atoms with Crippen LogP contribution in [0.15, 0.2) is 30.6 Å². The van der Waals surface area contributed by atoms with Crippen LogP contribution in [-0.4, -0.2) is 4.98 Å². The second kappa shape index (κ2) is 4.61. The van der Waals surface area contributed by atoms with Crippen LogP contribution in [0.1, 0.15) is 19.4 Å². The lowest BCUT2D eigenvalue weighted by Crippen LogP contribution is -1.90. The fourth-order valence-corrected chi connectivity index (χ4v) is 1.30. The Labute approximate surface area is 84.8 Å². The summed E-state index contributed by atoms with van der Waals surface area (Å²) >= 11 is 0. The summed E-state index contributed by atoms with van der Waals surface area (Å²) in [7, 11) is 0. The molecule has 0 saturated carbocycles. The molecule has 0 unspecified atom stereocenters. The largest absolute Gasteiger partial charge is 0.398 e. The maximum absolute atomic E-state index is 5.89. The molecule has 0 aliphatic carbocycles. The van der Waals surface area contributed by atoms with Gasteiger partial charge in [-0.05, 0) is 18.6 Å². The molecule has 2 nitrogen and oxygen atoms in total. The van der Waals surface area contributed by atoms with Crippen molar-refractivity contribution in [1.82, 2.24) is 4.98 Å². The Balaban J connectivity index is 0.000000461. The number of aromatic nitrogens is 1. The maximum atomic E-state index is 5.89. The molecule has 1 aromatic heterocycles. The highest BCUT2D eigenvalue weighted by Crippen LogP contribution is 2.22. The number of rotatable bonds is 0. The van der Waals surface area contributed by atoms with Crippen LogP contribution in [0.3, 0.4) is 0 Å². The minimum absolute atomic E-state index is 0.856. The summed E-state index contributed by atoms with van der Waals surface area (Å²) in [4.78, 5) is 4.03. The lowest BCUT2D eigenvalue weighted by Gasteiger charge is -2.03. The number of hydrogen-bond acceptors (Lipinski definition) is 2. The Hall–Kier alpha value is -1.57. The SMILES string of the molecule is CC.Cc1ccc2cnccc2c1N. The number of pyridine rings is 1. The Morgan fingerprint density at radius 1 is 1.14 bits per heavy atom.